The first-order chi connectivity index (χ1) is 15.6. The molecule has 1 aliphatic carbocycles. The molecule has 32 heavy (non-hydrogen) atoms. The Balaban J connectivity index is 1.56. The zero-order chi connectivity index (χ0) is 22.5. The first-order valence-electron chi connectivity index (χ1n) is 11.5. The van der Waals surface area contributed by atoms with E-state index in [2.05, 4.69) is 55.5 Å². The SMILES string of the molecule is CCOC(COc1ccc(-c2cccc(-c3cccc4c3CC[C@@H]4O)c2C)cc1)OCC. The highest BCUT2D eigenvalue weighted by molar-refractivity contribution is 5.80. The van der Waals surface area contributed by atoms with E-state index in [9.17, 15) is 5.11 Å². The molecule has 1 atom stereocenters. The largest absolute Gasteiger partial charge is 0.488 e. The molecule has 0 fully saturated rings. The standard InChI is InChI=1S/C28H32O4/c1-4-30-28(31-5-2)18-32-21-14-12-20(13-15-21)22-8-6-9-23(19(22)3)24-10-7-11-26-25(24)16-17-27(26)29/h6-15,27-29H,4-5,16-18H2,1-3H3/t27-/m0/s1. The van der Waals surface area contributed by atoms with E-state index in [0.29, 0.717) is 19.8 Å². The minimum Gasteiger partial charge on any atom is -0.488 e. The molecule has 1 aliphatic rings. The van der Waals surface area contributed by atoms with Crippen LogP contribution >= 0.6 is 0 Å². The molecule has 3 aromatic rings. The van der Waals surface area contributed by atoms with Gasteiger partial charge < -0.3 is 19.3 Å². The molecule has 0 saturated carbocycles. The number of benzene rings is 3. The summed E-state index contributed by atoms with van der Waals surface area (Å²) in [4.78, 5) is 0. The predicted molar refractivity (Wildman–Crippen MR) is 128 cm³/mol. The van der Waals surface area contributed by atoms with Crippen LogP contribution in [0.5, 0.6) is 5.75 Å². The predicted octanol–water partition coefficient (Wildman–Crippen LogP) is 6.09. The Bertz CT molecular complexity index is 1040. The van der Waals surface area contributed by atoms with Crippen LogP contribution in [0.4, 0.5) is 0 Å². The number of ether oxygens (including phenoxy) is 3. The van der Waals surface area contributed by atoms with Gasteiger partial charge in [-0.1, -0.05) is 48.5 Å². The highest BCUT2D eigenvalue weighted by Crippen LogP contribution is 2.40. The smallest absolute Gasteiger partial charge is 0.191 e. The average molecular weight is 433 g/mol. The van der Waals surface area contributed by atoms with Gasteiger partial charge in [-0.2, -0.15) is 0 Å². The van der Waals surface area contributed by atoms with Crippen LogP contribution < -0.4 is 4.74 Å². The molecule has 0 aliphatic heterocycles. The Morgan fingerprint density at radius 3 is 2.25 bits per heavy atom. The van der Waals surface area contributed by atoms with Gasteiger partial charge in [0.25, 0.3) is 0 Å². The second-order valence-electron chi connectivity index (χ2n) is 8.08. The molecule has 0 aromatic heterocycles. The van der Waals surface area contributed by atoms with Gasteiger partial charge in [-0.3, -0.25) is 0 Å². The summed E-state index contributed by atoms with van der Waals surface area (Å²) in [5.41, 5.74) is 8.40. The number of rotatable bonds is 9. The van der Waals surface area contributed by atoms with Crippen molar-refractivity contribution in [2.24, 2.45) is 0 Å². The molecule has 168 valence electrons. The van der Waals surface area contributed by atoms with Crippen molar-refractivity contribution in [1.82, 2.24) is 0 Å². The second-order valence-corrected chi connectivity index (χ2v) is 8.08. The number of hydrogen-bond donors (Lipinski definition) is 1. The van der Waals surface area contributed by atoms with Crippen LogP contribution in [0, 0.1) is 6.92 Å². The lowest BCUT2D eigenvalue weighted by Crippen LogP contribution is -2.25. The quantitative estimate of drug-likeness (QED) is 0.416. The lowest BCUT2D eigenvalue weighted by Gasteiger charge is -2.18. The third-order valence-corrected chi connectivity index (χ3v) is 6.12. The Morgan fingerprint density at radius 2 is 1.53 bits per heavy atom. The first-order valence-corrected chi connectivity index (χ1v) is 11.5. The van der Waals surface area contributed by atoms with Crippen molar-refractivity contribution in [2.75, 3.05) is 19.8 Å². The molecule has 0 amide bonds. The maximum atomic E-state index is 10.3. The molecule has 0 spiro atoms. The van der Waals surface area contributed by atoms with Crippen LogP contribution in [0.3, 0.4) is 0 Å². The van der Waals surface area contributed by atoms with E-state index < -0.39 is 0 Å². The Morgan fingerprint density at radius 1 is 0.875 bits per heavy atom. The van der Waals surface area contributed by atoms with Gasteiger partial charge in [0.2, 0.25) is 0 Å². The third-order valence-electron chi connectivity index (χ3n) is 6.12. The number of hydrogen-bond acceptors (Lipinski definition) is 4. The fourth-order valence-corrected chi connectivity index (χ4v) is 4.54. The molecule has 0 unspecified atom stereocenters. The fourth-order valence-electron chi connectivity index (χ4n) is 4.54. The normalized spacial score (nSPS) is 15.2. The van der Waals surface area contributed by atoms with Crippen molar-refractivity contribution in [3.63, 3.8) is 0 Å². The second kappa shape index (κ2) is 10.3. The Labute approximate surface area is 190 Å². The van der Waals surface area contributed by atoms with E-state index in [1.54, 1.807) is 0 Å². The molecule has 0 saturated heterocycles. The van der Waals surface area contributed by atoms with Crippen molar-refractivity contribution >= 4 is 0 Å². The average Bonchev–Trinajstić information content (AvgIpc) is 3.19. The first kappa shape index (κ1) is 22.5. The number of aliphatic hydroxyl groups excluding tert-OH is 1. The summed E-state index contributed by atoms with van der Waals surface area (Å²) in [6.45, 7) is 7.61. The monoisotopic (exact) mass is 432 g/mol. The van der Waals surface area contributed by atoms with Crippen LogP contribution in [0.25, 0.3) is 22.3 Å². The van der Waals surface area contributed by atoms with E-state index in [1.165, 1.54) is 27.8 Å². The highest BCUT2D eigenvalue weighted by atomic mass is 16.7. The summed E-state index contributed by atoms with van der Waals surface area (Å²) in [5, 5.41) is 10.3. The van der Waals surface area contributed by atoms with Gasteiger partial charge in [0.15, 0.2) is 6.29 Å². The molecule has 4 nitrogen and oxygen atoms in total. The van der Waals surface area contributed by atoms with Crippen molar-refractivity contribution < 1.29 is 19.3 Å². The molecule has 0 radical (unpaired) electrons. The summed E-state index contributed by atoms with van der Waals surface area (Å²) in [5.74, 6) is 0.793. The summed E-state index contributed by atoms with van der Waals surface area (Å²) in [6, 6.07) is 20.9. The Hall–Kier alpha value is -2.66. The number of aliphatic hydroxyl groups is 1. The van der Waals surface area contributed by atoms with E-state index in [1.807, 2.05) is 26.0 Å². The molecule has 1 N–H and O–H groups in total. The molecular formula is C28H32O4. The minimum atomic E-state index is -0.352. The van der Waals surface area contributed by atoms with Crippen molar-refractivity contribution in [1.29, 1.82) is 0 Å². The van der Waals surface area contributed by atoms with E-state index in [0.717, 1.165) is 29.7 Å². The molecule has 0 heterocycles. The maximum Gasteiger partial charge on any atom is 0.191 e. The lowest BCUT2D eigenvalue weighted by molar-refractivity contribution is -0.152. The Kier molecular flexibility index (Phi) is 7.26. The molecule has 4 heteroatoms. The van der Waals surface area contributed by atoms with Gasteiger partial charge in [-0.05, 0) is 84.7 Å². The van der Waals surface area contributed by atoms with Gasteiger partial charge in [0.05, 0.1) is 6.10 Å². The van der Waals surface area contributed by atoms with E-state index in [4.69, 9.17) is 14.2 Å². The topological polar surface area (TPSA) is 47.9 Å². The van der Waals surface area contributed by atoms with Crippen LogP contribution in [0.1, 0.15) is 43.1 Å². The van der Waals surface area contributed by atoms with E-state index in [-0.39, 0.29) is 12.4 Å². The molecule has 3 aromatic carbocycles. The van der Waals surface area contributed by atoms with E-state index >= 15 is 0 Å². The third kappa shape index (κ3) is 4.73. The summed E-state index contributed by atoms with van der Waals surface area (Å²) in [6.07, 6.45) is 1.04. The zero-order valence-electron chi connectivity index (χ0n) is 19.1. The van der Waals surface area contributed by atoms with Gasteiger partial charge in [0, 0.05) is 13.2 Å². The lowest BCUT2D eigenvalue weighted by atomic mass is 9.89. The molecule has 4 rings (SSSR count). The van der Waals surface area contributed by atoms with Crippen LogP contribution in [0.2, 0.25) is 0 Å². The maximum absolute atomic E-state index is 10.3. The number of fused-ring (bicyclic) bond motifs is 1. The van der Waals surface area contributed by atoms with Gasteiger partial charge >= 0.3 is 0 Å². The van der Waals surface area contributed by atoms with Crippen molar-refractivity contribution in [3.8, 4) is 28.0 Å². The fraction of sp³-hybridized carbons (Fsp3) is 0.357. The minimum absolute atomic E-state index is 0.342. The molecule has 0 bridgehead atoms. The van der Waals surface area contributed by atoms with Gasteiger partial charge in [0.1, 0.15) is 12.4 Å². The summed E-state index contributed by atoms with van der Waals surface area (Å²) in [7, 11) is 0. The van der Waals surface area contributed by atoms with Crippen molar-refractivity contribution in [3.05, 3.63) is 77.4 Å². The molecular weight excluding hydrogens is 400 g/mol. The summed E-state index contributed by atoms with van der Waals surface area (Å²) < 4.78 is 17.0. The highest BCUT2D eigenvalue weighted by Gasteiger charge is 2.23. The van der Waals surface area contributed by atoms with Gasteiger partial charge in [-0.15, -0.1) is 0 Å². The van der Waals surface area contributed by atoms with Crippen LogP contribution in [-0.2, 0) is 15.9 Å². The zero-order valence-corrected chi connectivity index (χ0v) is 19.1. The van der Waals surface area contributed by atoms with Crippen LogP contribution in [0.15, 0.2) is 60.7 Å². The van der Waals surface area contributed by atoms with Gasteiger partial charge in [-0.25, -0.2) is 0 Å². The summed E-state index contributed by atoms with van der Waals surface area (Å²) >= 11 is 0. The van der Waals surface area contributed by atoms with Crippen LogP contribution in [-0.4, -0.2) is 31.2 Å². The van der Waals surface area contributed by atoms with Crippen molar-refractivity contribution in [2.45, 2.75) is 46.0 Å².